The van der Waals surface area contributed by atoms with Crippen LogP contribution in [0.3, 0.4) is 0 Å². The van der Waals surface area contributed by atoms with Gasteiger partial charge in [-0.25, -0.2) is 15.0 Å². The number of nitrogens with one attached hydrogen (secondary N) is 2. The van der Waals surface area contributed by atoms with Gasteiger partial charge in [0.25, 0.3) is 0 Å². The summed E-state index contributed by atoms with van der Waals surface area (Å²) in [7, 11) is 0. The monoisotopic (exact) mass is 367 g/mol. The topological polar surface area (TPSA) is 111 Å². The van der Waals surface area contributed by atoms with E-state index in [0.717, 1.165) is 24.9 Å². The highest BCUT2D eigenvalue weighted by Gasteiger charge is 2.22. The molecule has 0 atom stereocenters. The summed E-state index contributed by atoms with van der Waals surface area (Å²) in [5.74, 6) is 0.450. The van der Waals surface area contributed by atoms with Crippen molar-refractivity contribution in [3.63, 3.8) is 0 Å². The minimum Gasteiger partial charge on any atom is -0.364 e. The highest BCUT2D eigenvalue weighted by Crippen LogP contribution is 2.28. The Morgan fingerprint density at radius 1 is 1.07 bits per heavy atom. The van der Waals surface area contributed by atoms with Gasteiger partial charge in [-0.2, -0.15) is 0 Å². The van der Waals surface area contributed by atoms with Gasteiger partial charge in [-0.05, 0) is 18.4 Å². The predicted molar refractivity (Wildman–Crippen MR) is 103 cm³/mol. The van der Waals surface area contributed by atoms with E-state index >= 15 is 0 Å². The van der Waals surface area contributed by atoms with Crippen LogP contribution in [0.1, 0.15) is 12.0 Å². The molecule has 0 aliphatic heterocycles. The van der Waals surface area contributed by atoms with Crippen LogP contribution in [0.25, 0.3) is 0 Å². The molecule has 0 spiro atoms. The summed E-state index contributed by atoms with van der Waals surface area (Å²) >= 11 is 0. The van der Waals surface area contributed by atoms with Gasteiger partial charge in [0.1, 0.15) is 6.33 Å². The van der Waals surface area contributed by atoms with Crippen molar-refractivity contribution >= 4 is 17.3 Å². The second-order valence-corrected chi connectivity index (χ2v) is 5.92. The van der Waals surface area contributed by atoms with Gasteiger partial charge in [-0.1, -0.05) is 30.3 Å². The summed E-state index contributed by atoms with van der Waals surface area (Å²) in [5.41, 5.74) is 1.02. The third-order valence-electron chi connectivity index (χ3n) is 4.00. The van der Waals surface area contributed by atoms with Crippen LogP contribution >= 0.6 is 0 Å². The number of benzene rings is 1. The fourth-order valence-corrected chi connectivity index (χ4v) is 2.67. The first-order valence-corrected chi connectivity index (χ1v) is 8.71. The molecule has 0 saturated carbocycles. The minimum atomic E-state index is -0.455. The molecule has 0 fully saturated rings. The first-order valence-electron chi connectivity index (χ1n) is 8.71. The number of aryl methyl sites for hydroxylation is 1. The molecule has 0 aliphatic rings. The molecule has 27 heavy (non-hydrogen) atoms. The third-order valence-corrected chi connectivity index (χ3v) is 4.00. The van der Waals surface area contributed by atoms with E-state index in [4.69, 9.17) is 0 Å². The molecule has 0 unspecified atom stereocenters. The summed E-state index contributed by atoms with van der Waals surface area (Å²) in [6.07, 6.45) is 8.19. The van der Waals surface area contributed by atoms with E-state index in [9.17, 15) is 10.1 Å². The molecule has 9 nitrogen and oxygen atoms in total. The second-order valence-electron chi connectivity index (χ2n) is 5.92. The first kappa shape index (κ1) is 18.3. The summed E-state index contributed by atoms with van der Waals surface area (Å²) in [6, 6.07) is 9.92. The smallest absolute Gasteiger partial charge is 0.353 e. The van der Waals surface area contributed by atoms with Gasteiger partial charge in [-0.3, -0.25) is 10.1 Å². The molecule has 2 aromatic heterocycles. The van der Waals surface area contributed by atoms with Gasteiger partial charge in [0.2, 0.25) is 11.6 Å². The fourth-order valence-electron chi connectivity index (χ4n) is 2.67. The number of imidazole rings is 1. The number of anilines is 2. The lowest BCUT2D eigenvalue weighted by Gasteiger charge is -2.10. The molecule has 0 saturated heterocycles. The van der Waals surface area contributed by atoms with Crippen molar-refractivity contribution < 1.29 is 4.92 Å². The Hall–Kier alpha value is -3.49. The van der Waals surface area contributed by atoms with E-state index in [2.05, 4.69) is 25.6 Å². The first-order chi connectivity index (χ1) is 13.2. The maximum atomic E-state index is 11.5. The van der Waals surface area contributed by atoms with Crippen LogP contribution < -0.4 is 10.6 Å². The molecule has 0 amide bonds. The summed E-state index contributed by atoms with van der Waals surface area (Å²) in [4.78, 5) is 23.1. The molecule has 140 valence electrons. The molecule has 0 radical (unpaired) electrons. The van der Waals surface area contributed by atoms with Crippen molar-refractivity contribution in [2.24, 2.45) is 0 Å². The fraction of sp³-hybridized carbons (Fsp3) is 0.278. The molecule has 3 aromatic rings. The highest BCUT2D eigenvalue weighted by molar-refractivity contribution is 5.69. The van der Waals surface area contributed by atoms with E-state index < -0.39 is 4.92 Å². The standard InChI is InChI=1S/C18H21N7O2/c26-25(27)16-17(20-8-4-11-24-12-10-19-14-24)22-13-23-18(16)21-9-7-15-5-2-1-3-6-15/h1-3,5-6,10,12-14H,4,7-9,11H2,(H2,20,21,22,23). The normalized spacial score (nSPS) is 10.5. The van der Waals surface area contributed by atoms with Crippen molar-refractivity contribution in [3.05, 3.63) is 71.1 Å². The molecular weight excluding hydrogens is 346 g/mol. The van der Waals surface area contributed by atoms with Crippen LogP contribution in [0, 0.1) is 10.1 Å². The Kier molecular flexibility index (Phi) is 6.29. The molecule has 0 bridgehead atoms. The maximum absolute atomic E-state index is 11.5. The number of aromatic nitrogens is 4. The Morgan fingerprint density at radius 3 is 2.48 bits per heavy atom. The number of nitrogens with zero attached hydrogens (tertiary/aromatic N) is 5. The van der Waals surface area contributed by atoms with Gasteiger partial charge >= 0.3 is 5.69 Å². The van der Waals surface area contributed by atoms with Crippen molar-refractivity contribution in [2.75, 3.05) is 23.7 Å². The van der Waals surface area contributed by atoms with Gasteiger partial charge in [0.15, 0.2) is 0 Å². The van der Waals surface area contributed by atoms with Crippen molar-refractivity contribution in [1.82, 2.24) is 19.5 Å². The maximum Gasteiger partial charge on any atom is 0.353 e. The van der Waals surface area contributed by atoms with E-state index in [1.54, 1.807) is 12.5 Å². The van der Waals surface area contributed by atoms with Crippen molar-refractivity contribution in [1.29, 1.82) is 0 Å². The second kappa shape index (κ2) is 9.27. The van der Waals surface area contributed by atoms with Crippen molar-refractivity contribution in [3.8, 4) is 0 Å². The van der Waals surface area contributed by atoms with Crippen LogP contribution in [0.2, 0.25) is 0 Å². The SMILES string of the molecule is O=[N+]([O-])c1c(NCCCn2ccnc2)ncnc1NCCc1ccccc1. The summed E-state index contributed by atoms with van der Waals surface area (Å²) < 4.78 is 1.95. The zero-order valence-electron chi connectivity index (χ0n) is 14.8. The predicted octanol–water partition coefficient (Wildman–Crippen LogP) is 2.74. The number of hydrogen-bond acceptors (Lipinski definition) is 7. The summed E-state index contributed by atoms with van der Waals surface area (Å²) in [6.45, 7) is 1.87. The van der Waals surface area contributed by atoms with E-state index in [1.165, 1.54) is 6.33 Å². The molecule has 9 heteroatoms. The van der Waals surface area contributed by atoms with Crippen LogP contribution in [0.5, 0.6) is 0 Å². The van der Waals surface area contributed by atoms with Gasteiger partial charge < -0.3 is 15.2 Å². The van der Waals surface area contributed by atoms with Crippen LogP contribution in [-0.4, -0.2) is 37.5 Å². The van der Waals surface area contributed by atoms with E-state index in [1.807, 2.05) is 41.1 Å². The van der Waals surface area contributed by atoms with Crippen LogP contribution in [-0.2, 0) is 13.0 Å². The molecular formula is C18H21N7O2. The van der Waals surface area contributed by atoms with Crippen molar-refractivity contribution in [2.45, 2.75) is 19.4 Å². The molecule has 1 aromatic carbocycles. The largest absolute Gasteiger partial charge is 0.364 e. The van der Waals surface area contributed by atoms with Crippen LogP contribution in [0.4, 0.5) is 17.3 Å². The lowest BCUT2D eigenvalue weighted by atomic mass is 10.1. The Morgan fingerprint density at radius 2 is 1.81 bits per heavy atom. The average Bonchev–Trinajstić information content (AvgIpc) is 3.19. The summed E-state index contributed by atoms with van der Waals surface area (Å²) in [5, 5.41) is 17.6. The molecule has 2 N–H and O–H groups in total. The number of rotatable bonds is 10. The zero-order valence-corrected chi connectivity index (χ0v) is 14.8. The van der Waals surface area contributed by atoms with Gasteiger partial charge in [-0.15, -0.1) is 0 Å². The average molecular weight is 367 g/mol. The number of nitro groups is 1. The third kappa shape index (κ3) is 5.24. The van der Waals surface area contributed by atoms with Gasteiger partial charge in [0, 0.05) is 32.0 Å². The quantitative estimate of drug-likeness (QED) is 0.322. The number of hydrogen-bond donors (Lipinski definition) is 2. The van der Waals surface area contributed by atoms with E-state index in [-0.39, 0.29) is 17.3 Å². The van der Waals surface area contributed by atoms with Gasteiger partial charge in [0.05, 0.1) is 11.3 Å². The Bertz CT molecular complexity index is 853. The molecule has 3 rings (SSSR count). The lowest BCUT2D eigenvalue weighted by Crippen LogP contribution is -2.13. The molecule has 2 heterocycles. The Balaban J connectivity index is 1.58. The minimum absolute atomic E-state index is 0.131. The Labute approximate surface area is 156 Å². The van der Waals surface area contributed by atoms with E-state index in [0.29, 0.717) is 13.1 Å². The molecule has 0 aliphatic carbocycles. The highest BCUT2D eigenvalue weighted by atomic mass is 16.6. The lowest BCUT2D eigenvalue weighted by molar-refractivity contribution is -0.383. The van der Waals surface area contributed by atoms with Crippen LogP contribution in [0.15, 0.2) is 55.4 Å². The zero-order chi connectivity index (χ0) is 18.9.